The number of aliphatic hydroxyl groups is 1. The van der Waals surface area contributed by atoms with Crippen molar-refractivity contribution in [1.82, 2.24) is 4.98 Å². The minimum atomic E-state index is -0.740. The van der Waals surface area contributed by atoms with Crippen molar-refractivity contribution < 1.29 is 9.50 Å². The van der Waals surface area contributed by atoms with Gasteiger partial charge in [0.2, 0.25) is 5.95 Å². The van der Waals surface area contributed by atoms with Crippen LogP contribution in [0.4, 0.5) is 4.39 Å². The number of hydrogen-bond acceptors (Lipinski definition) is 2. The highest BCUT2D eigenvalue weighted by Crippen LogP contribution is 2.48. The van der Waals surface area contributed by atoms with E-state index in [9.17, 15) is 9.50 Å². The van der Waals surface area contributed by atoms with Gasteiger partial charge in [-0.05, 0) is 11.6 Å². The number of pyridine rings is 1. The minimum absolute atomic E-state index is 0.0194. The lowest BCUT2D eigenvalue weighted by atomic mass is 10.0. The normalized spacial score (nSPS) is 10.9. The van der Waals surface area contributed by atoms with Crippen LogP contribution in [-0.2, 0) is 6.61 Å². The second-order valence-electron chi connectivity index (χ2n) is 3.77. The van der Waals surface area contributed by atoms with Crippen molar-refractivity contribution in [2.45, 2.75) is 6.61 Å². The lowest BCUT2D eigenvalue weighted by molar-refractivity contribution is 0.281. The summed E-state index contributed by atoms with van der Waals surface area (Å²) < 4.78 is 13.1. The van der Waals surface area contributed by atoms with Crippen LogP contribution in [0.2, 0.25) is 25.1 Å². The zero-order valence-corrected chi connectivity index (χ0v) is 13.3. The third-order valence-corrected chi connectivity index (χ3v) is 4.88. The minimum Gasteiger partial charge on any atom is -0.392 e. The van der Waals surface area contributed by atoms with E-state index in [0.29, 0.717) is 5.56 Å². The van der Waals surface area contributed by atoms with Crippen LogP contribution in [0.25, 0.3) is 11.1 Å². The van der Waals surface area contributed by atoms with Crippen LogP contribution in [0.1, 0.15) is 5.56 Å². The molecule has 0 fully saturated rings. The fourth-order valence-electron chi connectivity index (χ4n) is 1.67. The fourth-order valence-corrected chi connectivity index (χ4v) is 3.01. The molecule has 0 aliphatic rings. The first-order valence-electron chi connectivity index (χ1n) is 5.15. The van der Waals surface area contributed by atoms with Crippen molar-refractivity contribution >= 4 is 58.0 Å². The summed E-state index contributed by atoms with van der Waals surface area (Å²) in [6, 6.07) is 1.07. The standard InChI is InChI=1S/C12H5Cl5FNO/c13-8-7(9(14)11(16)12(17)10(8)15)5-2-19-6(18)1-4(5)3-20/h1-2,20H,3H2. The van der Waals surface area contributed by atoms with E-state index >= 15 is 0 Å². The molecule has 0 amide bonds. The van der Waals surface area contributed by atoms with Crippen LogP contribution >= 0.6 is 58.0 Å². The highest BCUT2D eigenvalue weighted by Gasteiger charge is 2.22. The second kappa shape index (κ2) is 6.22. The van der Waals surface area contributed by atoms with Crippen molar-refractivity contribution in [3.05, 3.63) is 48.9 Å². The van der Waals surface area contributed by atoms with Gasteiger partial charge in [0.15, 0.2) is 0 Å². The molecular weight excluding hydrogens is 370 g/mol. The zero-order chi connectivity index (χ0) is 15.0. The largest absolute Gasteiger partial charge is 0.392 e. The van der Waals surface area contributed by atoms with E-state index in [1.807, 2.05) is 0 Å². The predicted octanol–water partition coefficient (Wildman–Crippen LogP) is 5.65. The number of aromatic nitrogens is 1. The monoisotopic (exact) mass is 373 g/mol. The Labute approximate surface area is 139 Å². The highest BCUT2D eigenvalue weighted by atomic mass is 35.5. The van der Waals surface area contributed by atoms with Crippen LogP contribution in [0, 0.1) is 5.95 Å². The van der Waals surface area contributed by atoms with E-state index in [1.165, 1.54) is 6.20 Å². The Morgan fingerprint density at radius 3 is 1.95 bits per heavy atom. The molecule has 0 saturated carbocycles. The van der Waals surface area contributed by atoms with Gasteiger partial charge in [-0.1, -0.05) is 58.0 Å². The summed E-state index contributed by atoms with van der Waals surface area (Å²) in [7, 11) is 0. The van der Waals surface area contributed by atoms with Gasteiger partial charge in [-0.3, -0.25) is 0 Å². The Morgan fingerprint density at radius 1 is 0.950 bits per heavy atom. The molecule has 0 atom stereocenters. The molecule has 106 valence electrons. The van der Waals surface area contributed by atoms with Crippen LogP contribution in [-0.4, -0.2) is 10.1 Å². The summed E-state index contributed by atoms with van der Waals surface area (Å²) in [5.74, 6) is -0.740. The molecule has 0 aliphatic carbocycles. The van der Waals surface area contributed by atoms with E-state index in [2.05, 4.69) is 4.98 Å². The van der Waals surface area contributed by atoms with Gasteiger partial charge in [-0.15, -0.1) is 0 Å². The third-order valence-electron chi connectivity index (χ3n) is 2.61. The topological polar surface area (TPSA) is 33.1 Å². The molecule has 1 N–H and O–H groups in total. The molecule has 2 nitrogen and oxygen atoms in total. The molecule has 2 aromatic rings. The maximum Gasteiger partial charge on any atom is 0.213 e. The number of halogens is 6. The van der Waals surface area contributed by atoms with Crippen molar-refractivity contribution in [2.75, 3.05) is 0 Å². The molecule has 1 heterocycles. The Bertz CT molecular complexity index is 663. The molecule has 0 radical (unpaired) electrons. The lowest BCUT2D eigenvalue weighted by Gasteiger charge is -2.14. The third kappa shape index (κ3) is 2.71. The molecule has 0 saturated heterocycles. The Morgan fingerprint density at radius 2 is 1.45 bits per heavy atom. The van der Waals surface area contributed by atoms with Gasteiger partial charge in [0, 0.05) is 17.3 Å². The quantitative estimate of drug-likeness (QED) is 0.418. The predicted molar refractivity (Wildman–Crippen MR) is 80.6 cm³/mol. The summed E-state index contributed by atoms with van der Waals surface area (Å²) in [6.07, 6.45) is 1.19. The van der Waals surface area contributed by atoms with E-state index in [4.69, 9.17) is 58.0 Å². The summed E-state index contributed by atoms with van der Waals surface area (Å²) in [6.45, 7) is -0.431. The van der Waals surface area contributed by atoms with Crippen LogP contribution < -0.4 is 0 Å². The van der Waals surface area contributed by atoms with Crippen LogP contribution in [0.5, 0.6) is 0 Å². The average molecular weight is 375 g/mol. The Hall–Kier alpha value is -0.290. The molecule has 1 aromatic heterocycles. The first-order valence-corrected chi connectivity index (χ1v) is 7.04. The molecule has 8 heteroatoms. The van der Waals surface area contributed by atoms with Crippen molar-refractivity contribution in [1.29, 1.82) is 0 Å². The summed E-state index contributed by atoms with van der Waals surface area (Å²) >= 11 is 30.1. The molecular formula is C12H5Cl5FNO. The molecule has 0 bridgehead atoms. The van der Waals surface area contributed by atoms with Crippen LogP contribution in [0.15, 0.2) is 12.3 Å². The summed E-state index contributed by atoms with van der Waals surface area (Å²) in [5, 5.41) is 9.47. The molecule has 20 heavy (non-hydrogen) atoms. The van der Waals surface area contributed by atoms with Gasteiger partial charge in [0.05, 0.1) is 31.7 Å². The highest BCUT2D eigenvalue weighted by molar-refractivity contribution is 6.56. The molecule has 0 spiro atoms. The SMILES string of the molecule is OCc1cc(F)ncc1-c1c(Cl)c(Cl)c(Cl)c(Cl)c1Cl. The Balaban J connectivity index is 2.83. The number of nitrogens with zero attached hydrogens (tertiary/aromatic N) is 1. The Kier molecular flexibility index (Phi) is 5.00. The molecule has 2 rings (SSSR count). The number of benzene rings is 1. The fraction of sp³-hybridized carbons (Fsp3) is 0.0833. The lowest BCUT2D eigenvalue weighted by Crippen LogP contribution is -1.96. The first kappa shape index (κ1) is 16.1. The summed E-state index contributed by atoms with van der Waals surface area (Å²) in [5.41, 5.74) is 0.810. The first-order chi connectivity index (χ1) is 9.38. The molecule has 0 unspecified atom stereocenters. The molecule has 0 aliphatic heterocycles. The maximum absolute atomic E-state index is 13.1. The number of rotatable bonds is 2. The van der Waals surface area contributed by atoms with Gasteiger partial charge >= 0.3 is 0 Å². The summed E-state index contributed by atoms with van der Waals surface area (Å²) in [4.78, 5) is 3.51. The van der Waals surface area contributed by atoms with Crippen molar-refractivity contribution in [3.8, 4) is 11.1 Å². The van der Waals surface area contributed by atoms with Gasteiger partial charge < -0.3 is 5.11 Å². The smallest absolute Gasteiger partial charge is 0.213 e. The van der Waals surface area contributed by atoms with Gasteiger partial charge in [0.1, 0.15) is 0 Å². The van der Waals surface area contributed by atoms with E-state index in [0.717, 1.165) is 6.07 Å². The van der Waals surface area contributed by atoms with Crippen LogP contribution in [0.3, 0.4) is 0 Å². The van der Waals surface area contributed by atoms with Gasteiger partial charge in [0.25, 0.3) is 0 Å². The second-order valence-corrected chi connectivity index (χ2v) is 5.66. The van der Waals surface area contributed by atoms with E-state index in [1.54, 1.807) is 0 Å². The number of aliphatic hydroxyl groups excluding tert-OH is 1. The average Bonchev–Trinajstić information content (AvgIpc) is 2.44. The maximum atomic E-state index is 13.1. The van der Waals surface area contributed by atoms with Crippen molar-refractivity contribution in [2.24, 2.45) is 0 Å². The van der Waals surface area contributed by atoms with Gasteiger partial charge in [-0.2, -0.15) is 4.39 Å². The molecule has 1 aromatic carbocycles. The van der Waals surface area contributed by atoms with E-state index in [-0.39, 0.29) is 36.2 Å². The van der Waals surface area contributed by atoms with Gasteiger partial charge in [-0.25, -0.2) is 4.98 Å². The zero-order valence-electron chi connectivity index (χ0n) is 9.52. The number of hydrogen-bond donors (Lipinski definition) is 1. The van der Waals surface area contributed by atoms with E-state index < -0.39 is 12.6 Å². The van der Waals surface area contributed by atoms with Crippen molar-refractivity contribution in [3.63, 3.8) is 0 Å².